The van der Waals surface area contributed by atoms with E-state index in [2.05, 4.69) is 5.32 Å². The highest BCUT2D eigenvalue weighted by atomic mass is 32.2. The lowest BCUT2D eigenvalue weighted by Gasteiger charge is -2.34. The molecule has 0 saturated heterocycles. The molecular weight excluding hydrogens is 518 g/mol. The molecule has 2 amide bonds. The van der Waals surface area contributed by atoms with Gasteiger partial charge in [0.15, 0.2) is 0 Å². The number of hydrogen-bond acceptors (Lipinski definition) is 6. The lowest BCUT2D eigenvalue weighted by Crippen LogP contribution is -2.54. The van der Waals surface area contributed by atoms with Crippen LogP contribution in [0.2, 0.25) is 0 Å². The van der Waals surface area contributed by atoms with Crippen LogP contribution in [0.3, 0.4) is 0 Å². The van der Waals surface area contributed by atoms with Gasteiger partial charge >= 0.3 is 0 Å². The van der Waals surface area contributed by atoms with Gasteiger partial charge in [-0.1, -0.05) is 56.0 Å². The van der Waals surface area contributed by atoms with Crippen molar-refractivity contribution < 1.29 is 27.5 Å². The number of ether oxygens (including phenoxy) is 2. The van der Waals surface area contributed by atoms with Crippen LogP contribution in [0.1, 0.15) is 56.6 Å². The Kier molecular flexibility index (Phi) is 10.6. The minimum absolute atomic E-state index is 0.0878. The van der Waals surface area contributed by atoms with Crippen LogP contribution >= 0.6 is 0 Å². The molecule has 0 bridgehead atoms. The molecule has 1 saturated carbocycles. The van der Waals surface area contributed by atoms with Gasteiger partial charge in [0.05, 0.1) is 26.2 Å². The van der Waals surface area contributed by atoms with E-state index in [9.17, 15) is 18.0 Å². The Morgan fingerprint density at radius 2 is 1.77 bits per heavy atom. The van der Waals surface area contributed by atoms with Crippen molar-refractivity contribution in [1.29, 1.82) is 0 Å². The molecule has 0 spiro atoms. The fourth-order valence-electron chi connectivity index (χ4n) is 5.06. The van der Waals surface area contributed by atoms with Gasteiger partial charge in [0.1, 0.15) is 24.1 Å². The summed E-state index contributed by atoms with van der Waals surface area (Å²) in [5, 5.41) is 3.15. The van der Waals surface area contributed by atoms with Gasteiger partial charge in [-0.15, -0.1) is 0 Å². The molecule has 2 aromatic rings. The minimum Gasteiger partial charge on any atom is -0.497 e. The van der Waals surface area contributed by atoms with Crippen LogP contribution in [0.4, 0.5) is 5.69 Å². The molecule has 9 nitrogen and oxygen atoms in total. The first-order chi connectivity index (χ1) is 18.6. The predicted molar refractivity (Wildman–Crippen MR) is 153 cm³/mol. The number of hydrogen-bond donors (Lipinski definition) is 1. The number of anilines is 1. The van der Waals surface area contributed by atoms with Gasteiger partial charge in [0, 0.05) is 18.7 Å². The lowest BCUT2D eigenvalue weighted by atomic mass is 9.95. The van der Waals surface area contributed by atoms with Gasteiger partial charge in [-0.3, -0.25) is 13.9 Å². The zero-order valence-electron chi connectivity index (χ0n) is 23.6. The Labute approximate surface area is 232 Å². The Hall–Kier alpha value is -3.27. The van der Waals surface area contributed by atoms with Gasteiger partial charge in [-0.05, 0) is 43.9 Å². The molecule has 1 aliphatic carbocycles. The van der Waals surface area contributed by atoms with Crippen LogP contribution in [-0.4, -0.2) is 64.2 Å². The van der Waals surface area contributed by atoms with Crippen LogP contribution < -0.4 is 19.1 Å². The van der Waals surface area contributed by atoms with Crippen LogP contribution in [0, 0.1) is 6.92 Å². The Morgan fingerprint density at radius 1 is 1.05 bits per heavy atom. The third kappa shape index (κ3) is 8.11. The highest BCUT2D eigenvalue weighted by molar-refractivity contribution is 7.92. The van der Waals surface area contributed by atoms with E-state index >= 15 is 0 Å². The predicted octanol–water partition coefficient (Wildman–Crippen LogP) is 4.03. The Morgan fingerprint density at radius 3 is 2.36 bits per heavy atom. The molecule has 214 valence electrons. The molecule has 0 unspecified atom stereocenters. The lowest BCUT2D eigenvalue weighted by molar-refractivity contribution is -0.140. The van der Waals surface area contributed by atoms with E-state index in [1.165, 1.54) is 25.2 Å². The maximum Gasteiger partial charge on any atom is 0.244 e. The summed E-state index contributed by atoms with van der Waals surface area (Å²) in [6.07, 6.45) is 6.57. The normalized spacial score (nSPS) is 14.8. The number of carbonyl (C=O) groups excluding carboxylic acids is 2. The van der Waals surface area contributed by atoms with Crippen LogP contribution in [-0.2, 0) is 26.2 Å². The molecule has 39 heavy (non-hydrogen) atoms. The average Bonchev–Trinajstić information content (AvgIpc) is 2.91. The van der Waals surface area contributed by atoms with Gasteiger partial charge in [-0.2, -0.15) is 0 Å². The number of aryl methyl sites for hydroxylation is 1. The molecular formula is C29H41N3O6S. The smallest absolute Gasteiger partial charge is 0.244 e. The summed E-state index contributed by atoms with van der Waals surface area (Å²) >= 11 is 0. The third-order valence-electron chi connectivity index (χ3n) is 7.11. The summed E-state index contributed by atoms with van der Waals surface area (Å²) in [5.41, 5.74) is 2.07. The zero-order chi connectivity index (χ0) is 28.6. The number of nitrogens with one attached hydrogen (secondary N) is 1. The van der Waals surface area contributed by atoms with Crippen LogP contribution in [0.25, 0.3) is 0 Å². The van der Waals surface area contributed by atoms with Gasteiger partial charge < -0.3 is 19.7 Å². The first-order valence-corrected chi connectivity index (χ1v) is 15.3. The van der Waals surface area contributed by atoms with E-state index in [1.54, 1.807) is 12.1 Å². The Balaban J connectivity index is 1.98. The third-order valence-corrected chi connectivity index (χ3v) is 8.23. The monoisotopic (exact) mass is 559 g/mol. The summed E-state index contributed by atoms with van der Waals surface area (Å²) in [7, 11) is -1.00. The van der Waals surface area contributed by atoms with E-state index in [0.29, 0.717) is 12.2 Å². The number of amides is 2. The first kappa shape index (κ1) is 30.3. The molecule has 1 aliphatic rings. The largest absolute Gasteiger partial charge is 0.497 e. The summed E-state index contributed by atoms with van der Waals surface area (Å²) < 4.78 is 37.7. The zero-order valence-corrected chi connectivity index (χ0v) is 24.4. The average molecular weight is 560 g/mol. The summed E-state index contributed by atoms with van der Waals surface area (Å²) in [6.45, 7) is 3.50. The molecule has 1 atom stereocenters. The number of rotatable bonds is 12. The molecule has 0 aromatic heterocycles. The van der Waals surface area contributed by atoms with Crippen LogP contribution in [0.15, 0.2) is 42.5 Å². The van der Waals surface area contributed by atoms with Crippen LogP contribution in [0.5, 0.6) is 11.5 Å². The second-order valence-electron chi connectivity index (χ2n) is 10.1. The van der Waals surface area contributed by atoms with Gasteiger partial charge in [-0.25, -0.2) is 8.42 Å². The number of benzene rings is 2. The van der Waals surface area contributed by atoms with E-state index in [1.807, 2.05) is 38.1 Å². The number of sulfonamides is 1. The van der Waals surface area contributed by atoms with E-state index in [0.717, 1.165) is 53.8 Å². The molecule has 0 aliphatic heterocycles. The minimum atomic E-state index is -3.91. The van der Waals surface area contributed by atoms with Crippen molar-refractivity contribution in [3.05, 3.63) is 53.6 Å². The van der Waals surface area contributed by atoms with Crippen molar-refractivity contribution in [2.24, 2.45) is 0 Å². The molecule has 1 fully saturated rings. The summed E-state index contributed by atoms with van der Waals surface area (Å²) in [6, 6.07) is 11.8. The van der Waals surface area contributed by atoms with E-state index in [-0.39, 0.29) is 29.9 Å². The fraction of sp³-hybridized carbons (Fsp3) is 0.517. The number of carbonyl (C=O) groups is 2. The van der Waals surface area contributed by atoms with Crippen molar-refractivity contribution >= 4 is 27.5 Å². The van der Waals surface area contributed by atoms with Gasteiger partial charge in [0.2, 0.25) is 21.8 Å². The van der Waals surface area contributed by atoms with Crippen molar-refractivity contribution in [2.45, 2.75) is 71.0 Å². The quantitative estimate of drug-likeness (QED) is 0.421. The van der Waals surface area contributed by atoms with E-state index in [4.69, 9.17) is 9.47 Å². The SMILES string of the molecule is CC[C@@H](C(=O)NC1CCCCC1)N(Cc1cccc(C)c1)C(=O)CN(c1cc(OC)ccc1OC)S(C)(=O)=O. The fourth-order valence-corrected chi connectivity index (χ4v) is 5.90. The first-order valence-electron chi connectivity index (χ1n) is 13.4. The van der Waals surface area contributed by atoms with Crippen molar-refractivity contribution in [1.82, 2.24) is 10.2 Å². The molecule has 0 heterocycles. The molecule has 1 N–H and O–H groups in total. The van der Waals surface area contributed by atoms with Crippen molar-refractivity contribution in [3.63, 3.8) is 0 Å². The van der Waals surface area contributed by atoms with E-state index < -0.39 is 28.5 Å². The molecule has 0 radical (unpaired) electrons. The standard InChI is InChI=1S/C29H41N3O6S/c1-6-25(29(34)30-23-13-8-7-9-14-23)31(19-22-12-10-11-21(2)17-22)28(33)20-32(39(5,35)36)26-18-24(37-3)15-16-27(26)38-4/h10-12,15-18,23,25H,6-9,13-14,19-20H2,1-5H3,(H,30,34)/t25-/m0/s1. The van der Waals surface area contributed by atoms with Crippen molar-refractivity contribution in [3.8, 4) is 11.5 Å². The second kappa shape index (κ2) is 13.7. The molecule has 10 heteroatoms. The molecule has 3 rings (SSSR count). The van der Waals surface area contributed by atoms with Gasteiger partial charge in [0.25, 0.3) is 0 Å². The maximum atomic E-state index is 14.0. The summed E-state index contributed by atoms with van der Waals surface area (Å²) in [4.78, 5) is 29.0. The maximum absolute atomic E-state index is 14.0. The summed E-state index contributed by atoms with van der Waals surface area (Å²) in [5.74, 6) is -0.00382. The molecule has 2 aromatic carbocycles. The number of nitrogens with zero attached hydrogens (tertiary/aromatic N) is 2. The highest BCUT2D eigenvalue weighted by Gasteiger charge is 2.33. The number of methoxy groups -OCH3 is 2. The highest BCUT2D eigenvalue weighted by Crippen LogP contribution is 2.34. The van der Waals surface area contributed by atoms with Crippen molar-refractivity contribution in [2.75, 3.05) is 31.3 Å². The Bertz CT molecular complexity index is 1240. The topological polar surface area (TPSA) is 105 Å². The second-order valence-corrected chi connectivity index (χ2v) is 12.0.